The molecule has 1 aliphatic heterocycles. The lowest BCUT2D eigenvalue weighted by Crippen LogP contribution is -2.19. The molecule has 3 rings (SSSR count). The Bertz CT molecular complexity index is 751. The van der Waals surface area contributed by atoms with E-state index < -0.39 is 0 Å². The smallest absolute Gasteiger partial charge is 0.0701 e. The van der Waals surface area contributed by atoms with Crippen LogP contribution >= 0.6 is 0 Å². The molecule has 0 aliphatic carbocycles. The first-order chi connectivity index (χ1) is 10.6. The molecule has 0 saturated heterocycles. The Balaban J connectivity index is 2.07. The second-order valence-electron chi connectivity index (χ2n) is 6.21. The summed E-state index contributed by atoms with van der Waals surface area (Å²) in [4.78, 5) is 0. The molecule has 1 N–H and O–H groups in total. The lowest BCUT2D eigenvalue weighted by atomic mass is 9.90. The number of dihydropyridines is 1. The number of hydrogen-bond acceptors (Lipinski definition) is 1. The Hall–Kier alpha value is -2.28. The first-order valence-electron chi connectivity index (χ1n) is 7.84. The Morgan fingerprint density at radius 1 is 0.818 bits per heavy atom. The minimum Gasteiger partial charge on any atom is -0.380 e. The van der Waals surface area contributed by atoms with Crippen molar-refractivity contribution < 1.29 is 0 Å². The van der Waals surface area contributed by atoms with Crippen molar-refractivity contribution in [2.75, 3.05) is 0 Å². The van der Waals surface area contributed by atoms with E-state index >= 15 is 0 Å². The molecular formula is C21H23N. The van der Waals surface area contributed by atoms with Gasteiger partial charge in [-0.25, -0.2) is 0 Å². The lowest BCUT2D eigenvalue weighted by Gasteiger charge is -2.24. The van der Waals surface area contributed by atoms with Gasteiger partial charge in [0, 0.05) is 6.20 Å². The molecule has 0 spiro atoms. The van der Waals surface area contributed by atoms with E-state index in [1.807, 2.05) is 0 Å². The monoisotopic (exact) mass is 289 g/mol. The number of nitrogens with one attached hydrogen (secondary N) is 1. The topological polar surface area (TPSA) is 12.0 Å². The van der Waals surface area contributed by atoms with E-state index in [1.54, 1.807) is 0 Å². The zero-order valence-electron chi connectivity index (χ0n) is 13.8. The van der Waals surface area contributed by atoms with E-state index in [4.69, 9.17) is 0 Å². The van der Waals surface area contributed by atoms with E-state index in [0.717, 1.165) is 0 Å². The molecule has 2 aromatic carbocycles. The quantitative estimate of drug-likeness (QED) is 0.773. The summed E-state index contributed by atoms with van der Waals surface area (Å²) in [6.45, 7) is 8.72. The van der Waals surface area contributed by atoms with Crippen molar-refractivity contribution in [2.45, 2.75) is 33.7 Å². The maximum atomic E-state index is 3.52. The highest BCUT2D eigenvalue weighted by Gasteiger charge is 2.16. The van der Waals surface area contributed by atoms with E-state index in [2.05, 4.69) is 87.8 Å². The van der Waals surface area contributed by atoms with E-state index in [0.29, 0.717) is 0 Å². The molecule has 0 amide bonds. The molecule has 0 radical (unpaired) electrons. The van der Waals surface area contributed by atoms with Crippen LogP contribution in [0.2, 0.25) is 0 Å². The van der Waals surface area contributed by atoms with Crippen LogP contribution in [0.1, 0.15) is 36.6 Å². The third-order valence-electron chi connectivity index (χ3n) is 4.55. The van der Waals surface area contributed by atoms with Crippen LogP contribution in [-0.4, -0.2) is 0 Å². The fourth-order valence-corrected chi connectivity index (χ4v) is 3.07. The molecule has 1 atom stereocenters. The van der Waals surface area contributed by atoms with Crippen LogP contribution in [0.3, 0.4) is 0 Å². The number of hydrogen-bond donors (Lipinski definition) is 1. The van der Waals surface area contributed by atoms with Crippen molar-refractivity contribution >= 4 is 0 Å². The van der Waals surface area contributed by atoms with Gasteiger partial charge in [-0.3, -0.25) is 0 Å². The van der Waals surface area contributed by atoms with E-state index in [-0.39, 0.29) is 6.04 Å². The first-order valence-corrected chi connectivity index (χ1v) is 7.84. The summed E-state index contributed by atoms with van der Waals surface area (Å²) >= 11 is 0. The number of benzene rings is 2. The largest absolute Gasteiger partial charge is 0.380 e. The van der Waals surface area contributed by atoms with Crippen LogP contribution in [0.25, 0.3) is 11.1 Å². The van der Waals surface area contributed by atoms with E-state index in [9.17, 15) is 0 Å². The second kappa shape index (κ2) is 5.84. The van der Waals surface area contributed by atoms with Crippen molar-refractivity contribution in [3.05, 3.63) is 82.6 Å². The third-order valence-corrected chi connectivity index (χ3v) is 4.55. The zero-order chi connectivity index (χ0) is 15.7. The van der Waals surface area contributed by atoms with E-state index in [1.165, 1.54) is 39.0 Å². The van der Waals surface area contributed by atoms with Gasteiger partial charge >= 0.3 is 0 Å². The molecule has 0 fully saturated rings. The summed E-state index contributed by atoms with van der Waals surface area (Å²) in [7, 11) is 0. The average molecular weight is 289 g/mol. The number of allylic oxidation sites excluding steroid dienone is 2. The predicted molar refractivity (Wildman–Crippen MR) is 94.7 cm³/mol. The van der Waals surface area contributed by atoms with Gasteiger partial charge in [0.2, 0.25) is 0 Å². The highest BCUT2D eigenvalue weighted by Crippen LogP contribution is 2.32. The summed E-state index contributed by atoms with van der Waals surface area (Å²) in [5, 5.41) is 3.52. The van der Waals surface area contributed by atoms with Crippen molar-refractivity contribution in [1.29, 1.82) is 0 Å². The summed E-state index contributed by atoms with van der Waals surface area (Å²) in [5.41, 5.74) is 9.29. The maximum Gasteiger partial charge on any atom is 0.0701 e. The fraction of sp³-hybridized carbons (Fsp3) is 0.238. The van der Waals surface area contributed by atoms with Crippen molar-refractivity contribution in [1.82, 2.24) is 5.32 Å². The lowest BCUT2D eigenvalue weighted by molar-refractivity contribution is 0.725. The number of rotatable bonds is 2. The van der Waals surface area contributed by atoms with Crippen molar-refractivity contribution in [3.8, 4) is 11.1 Å². The van der Waals surface area contributed by atoms with Crippen LogP contribution in [0.4, 0.5) is 0 Å². The van der Waals surface area contributed by atoms with Crippen LogP contribution < -0.4 is 5.32 Å². The minimum atomic E-state index is 0.256. The van der Waals surface area contributed by atoms with Gasteiger partial charge in [-0.1, -0.05) is 42.5 Å². The molecule has 0 aromatic heterocycles. The Morgan fingerprint density at radius 2 is 1.55 bits per heavy atom. The third kappa shape index (κ3) is 2.71. The highest BCUT2D eigenvalue weighted by molar-refractivity contribution is 5.69. The Labute approximate surface area is 133 Å². The zero-order valence-corrected chi connectivity index (χ0v) is 13.8. The summed E-state index contributed by atoms with van der Waals surface area (Å²) in [6.07, 6.45) is 4.45. The molecule has 1 aliphatic rings. The standard InChI is InChI=1S/C21H23N/c1-14-11-21(22-13-17(14)4)20-12-19(15(2)10-16(20)3)18-8-6-5-7-9-18/h5-13,21-22H,1-4H3. The van der Waals surface area contributed by atoms with Crippen LogP contribution in [-0.2, 0) is 0 Å². The molecule has 112 valence electrons. The minimum absolute atomic E-state index is 0.256. The highest BCUT2D eigenvalue weighted by atomic mass is 14.9. The molecule has 1 unspecified atom stereocenters. The molecule has 1 heterocycles. The van der Waals surface area contributed by atoms with Gasteiger partial charge in [0.25, 0.3) is 0 Å². The van der Waals surface area contributed by atoms with Gasteiger partial charge in [-0.2, -0.15) is 0 Å². The molecule has 1 heteroatoms. The molecule has 1 nitrogen and oxygen atoms in total. The van der Waals surface area contributed by atoms with Gasteiger partial charge in [0.05, 0.1) is 6.04 Å². The molecular weight excluding hydrogens is 266 g/mol. The Kier molecular flexibility index (Phi) is 3.89. The predicted octanol–water partition coefficient (Wildman–Crippen LogP) is 5.46. The summed E-state index contributed by atoms with van der Waals surface area (Å²) in [5.74, 6) is 0. The summed E-state index contributed by atoms with van der Waals surface area (Å²) in [6, 6.07) is 15.5. The van der Waals surface area contributed by atoms with Crippen LogP contribution in [0.5, 0.6) is 0 Å². The molecule has 0 saturated carbocycles. The molecule has 2 aromatic rings. The SMILES string of the molecule is CC1=CNC(c2cc(-c3ccccc3)c(C)cc2C)C=C1C. The maximum absolute atomic E-state index is 3.52. The summed E-state index contributed by atoms with van der Waals surface area (Å²) < 4.78 is 0. The van der Waals surface area contributed by atoms with Crippen molar-refractivity contribution in [3.63, 3.8) is 0 Å². The van der Waals surface area contributed by atoms with Crippen LogP contribution in [0.15, 0.2) is 65.9 Å². The van der Waals surface area contributed by atoms with Gasteiger partial charge in [-0.05, 0) is 72.7 Å². The normalized spacial score (nSPS) is 17.5. The van der Waals surface area contributed by atoms with Gasteiger partial charge < -0.3 is 5.32 Å². The second-order valence-corrected chi connectivity index (χ2v) is 6.21. The average Bonchev–Trinajstić information content (AvgIpc) is 2.51. The van der Waals surface area contributed by atoms with Gasteiger partial charge in [-0.15, -0.1) is 0 Å². The fourth-order valence-electron chi connectivity index (χ4n) is 3.07. The van der Waals surface area contributed by atoms with Crippen LogP contribution in [0, 0.1) is 13.8 Å². The van der Waals surface area contributed by atoms with Gasteiger partial charge in [0.1, 0.15) is 0 Å². The first kappa shape index (κ1) is 14.6. The van der Waals surface area contributed by atoms with Crippen molar-refractivity contribution in [2.24, 2.45) is 0 Å². The molecule has 0 bridgehead atoms. The van der Waals surface area contributed by atoms with Gasteiger partial charge in [0.15, 0.2) is 0 Å². The number of aryl methyl sites for hydroxylation is 2. The molecule has 22 heavy (non-hydrogen) atoms. The Morgan fingerprint density at radius 3 is 2.23 bits per heavy atom.